The molecule has 0 unspecified atom stereocenters. The van der Waals surface area contributed by atoms with Crippen molar-refractivity contribution in [3.05, 3.63) is 34.9 Å². The molecule has 0 atom stereocenters. The third-order valence-electron chi connectivity index (χ3n) is 2.73. The van der Waals surface area contributed by atoms with Gasteiger partial charge in [0.05, 0.1) is 0 Å². The van der Waals surface area contributed by atoms with Gasteiger partial charge in [0.1, 0.15) is 11.6 Å². The summed E-state index contributed by atoms with van der Waals surface area (Å²) in [5, 5.41) is 3.18. The second-order valence-electron chi connectivity index (χ2n) is 4.25. The van der Waals surface area contributed by atoms with Crippen LogP contribution in [0.5, 0.6) is 0 Å². The van der Waals surface area contributed by atoms with Crippen LogP contribution in [0.3, 0.4) is 0 Å². The standard InChI is InChI=1S/C13H20F2N2/c1-4-16-7-8-17(3)9-11-12(14)6-5-10(2)13(11)15/h5-6,16H,4,7-9H2,1-3H3. The Labute approximate surface area is 102 Å². The van der Waals surface area contributed by atoms with Crippen LogP contribution in [0, 0.1) is 18.6 Å². The molecular weight excluding hydrogens is 222 g/mol. The average molecular weight is 242 g/mol. The molecule has 0 fully saturated rings. The summed E-state index contributed by atoms with van der Waals surface area (Å²) in [6, 6.07) is 2.79. The maximum absolute atomic E-state index is 13.7. The minimum Gasteiger partial charge on any atom is -0.316 e. The Hall–Kier alpha value is -1.00. The number of hydrogen-bond donors (Lipinski definition) is 1. The first-order valence-corrected chi connectivity index (χ1v) is 5.89. The third kappa shape index (κ3) is 4.06. The Bertz CT molecular complexity index is 367. The quantitative estimate of drug-likeness (QED) is 0.770. The van der Waals surface area contributed by atoms with Crippen molar-refractivity contribution in [1.82, 2.24) is 10.2 Å². The van der Waals surface area contributed by atoms with Crippen molar-refractivity contribution in [2.75, 3.05) is 26.7 Å². The van der Waals surface area contributed by atoms with Crippen molar-refractivity contribution >= 4 is 0 Å². The van der Waals surface area contributed by atoms with Gasteiger partial charge in [0.15, 0.2) is 0 Å². The van der Waals surface area contributed by atoms with Crippen LogP contribution in [-0.2, 0) is 6.54 Å². The monoisotopic (exact) mass is 242 g/mol. The minimum absolute atomic E-state index is 0.156. The normalized spacial score (nSPS) is 11.2. The average Bonchev–Trinajstić information content (AvgIpc) is 2.30. The van der Waals surface area contributed by atoms with Crippen LogP contribution in [0.2, 0.25) is 0 Å². The highest BCUT2D eigenvalue weighted by Gasteiger charge is 2.13. The summed E-state index contributed by atoms with van der Waals surface area (Å²) in [6.07, 6.45) is 0. The highest BCUT2D eigenvalue weighted by molar-refractivity contribution is 5.26. The molecule has 0 aliphatic heterocycles. The van der Waals surface area contributed by atoms with Gasteiger partial charge >= 0.3 is 0 Å². The first kappa shape index (κ1) is 14.1. The van der Waals surface area contributed by atoms with Gasteiger partial charge in [0.25, 0.3) is 0 Å². The van der Waals surface area contributed by atoms with E-state index in [1.54, 1.807) is 6.92 Å². The van der Waals surface area contributed by atoms with Gasteiger partial charge in [-0.2, -0.15) is 0 Å². The molecule has 0 aliphatic carbocycles. The molecule has 17 heavy (non-hydrogen) atoms. The lowest BCUT2D eigenvalue weighted by atomic mass is 10.1. The van der Waals surface area contributed by atoms with Gasteiger partial charge in [-0.15, -0.1) is 0 Å². The number of likely N-dealkylation sites (N-methyl/N-ethyl adjacent to an activating group) is 2. The van der Waals surface area contributed by atoms with Crippen molar-refractivity contribution in [3.8, 4) is 0 Å². The third-order valence-corrected chi connectivity index (χ3v) is 2.73. The molecular formula is C13H20F2N2. The van der Waals surface area contributed by atoms with Crippen LogP contribution in [0.25, 0.3) is 0 Å². The van der Waals surface area contributed by atoms with E-state index in [1.807, 2.05) is 18.9 Å². The predicted molar refractivity (Wildman–Crippen MR) is 66.0 cm³/mol. The molecule has 1 aromatic carbocycles. The zero-order valence-electron chi connectivity index (χ0n) is 10.7. The molecule has 0 aliphatic rings. The van der Waals surface area contributed by atoms with Crippen LogP contribution < -0.4 is 5.32 Å². The fourth-order valence-electron chi connectivity index (χ4n) is 1.66. The van der Waals surface area contributed by atoms with Gasteiger partial charge in [-0.25, -0.2) is 8.78 Å². The maximum Gasteiger partial charge on any atom is 0.133 e. The molecule has 0 aromatic heterocycles. The summed E-state index contributed by atoms with van der Waals surface area (Å²) in [5.74, 6) is -0.899. The Morgan fingerprint density at radius 2 is 2.00 bits per heavy atom. The molecule has 0 amide bonds. The van der Waals surface area contributed by atoms with Crippen molar-refractivity contribution in [3.63, 3.8) is 0 Å². The molecule has 4 heteroatoms. The van der Waals surface area contributed by atoms with Gasteiger partial charge in [-0.3, -0.25) is 0 Å². The zero-order chi connectivity index (χ0) is 12.8. The topological polar surface area (TPSA) is 15.3 Å². The highest BCUT2D eigenvalue weighted by atomic mass is 19.1. The molecule has 0 spiro atoms. The lowest BCUT2D eigenvalue weighted by molar-refractivity contribution is 0.313. The number of nitrogens with zero attached hydrogens (tertiary/aromatic N) is 1. The van der Waals surface area contributed by atoms with Gasteiger partial charge < -0.3 is 10.2 Å². The summed E-state index contributed by atoms with van der Waals surface area (Å²) < 4.78 is 27.2. The highest BCUT2D eigenvalue weighted by Crippen LogP contribution is 2.17. The van der Waals surface area contributed by atoms with Crippen LogP contribution >= 0.6 is 0 Å². The maximum atomic E-state index is 13.7. The molecule has 0 heterocycles. The Morgan fingerprint density at radius 1 is 1.29 bits per heavy atom. The predicted octanol–water partition coefficient (Wildman–Crippen LogP) is 2.31. The van der Waals surface area contributed by atoms with Crippen molar-refractivity contribution in [2.45, 2.75) is 20.4 Å². The van der Waals surface area contributed by atoms with E-state index in [-0.39, 0.29) is 5.56 Å². The Kier molecular flexibility index (Phi) is 5.51. The first-order chi connectivity index (χ1) is 8.06. The lowest BCUT2D eigenvalue weighted by Crippen LogP contribution is -2.29. The zero-order valence-corrected chi connectivity index (χ0v) is 10.7. The van der Waals surface area contributed by atoms with Crippen LogP contribution in [0.15, 0.2) is 12.1 Å². The van der Waals surface area contributed by atoms with E-state index in [0.29, 0.717) is 12.1 Å². The van der Waals surface area contributed by atoms with E-state index < -0.39 is 11.6 Å². The molecule has 0 radical (unpaired) electrons. The van der Waals surface area contributed by atoms with E-state index >= 15 is 0 Å². The molecule has 0 bridgehead atoms. The van der Waals surface area contributed by atoms with Gasteiger partial charge in [-0.05, 0) is 32.1 Å². The molecule has 2 nitrogen and oxygen atoms in total. The van der Waals surface area contributed by atoms with Crippen molar-refractivity contribution < 1.29 is 8.78 Å². The molecule has 1 rings (SSSR count). The number of aryl methyl sites for hydroxylation is 1. The minimum atomic E-state index is -0.469. The van der Waals surface area contributed by atoms with Crippen molar-refractivity contribution in [2.24, 2.45) is 0 Å². The van der Waals surface area contributed by atoms with Gasteiger partial charge in [0, 0.05) is 25.2 Å². The molecule has 96 valence electrons. The number of halogens is 2. The van der Waals surface area contributed by atoms with E-state index in [1.165, 1.54) is 12.1 Å². The largest absolute Gasteiger partial charge is 0.316 e. The molecule has 0 saturated carbocycles. The molecule has 1 N–H and O–H groups in total. The summed E-state index contributed by atoms with van der Waals surface area (Å²) >= 11 is 0. The second kappa shape index (κ2) is 6.67. The summed E-state index contributed by atoms with van der Waals surface area (Å²) in [6.45, 7) is 6.46. The van der Waals surface area contributed by atoms with Gasteiger partial charge in [0.2, 0.25) is 0 Å². The van der Waals surface area contributed by atoms with Crippen LogP contribution in [0.4, 0.5) is 8.78 Å². The summed E-state index contributed by atoms with van der Waals surface area (Å²) in [5.41, 5.74) is 0.644. The summed E-state index contributed by atoms with van der Waals surface area (Å²) in [7, 11) is 1.86. The molecule has 1 aromatic rings. The van der Waals surface area contributed by atoms with E-state index in [4.69, 9.17) is 0 Å². The van der Waals surface area contributed by atoms with Crippen LogP contribution in [-0.4, -0.2) is 31.6 Å². The number of hydrogen-bond acceptors (Lipinski definition) is 2. The van der Waals surface area contributed by atoms with E-state index in [0.717, 1.165) is 19.6 Å². The Balaban J connectivity index is 2.64. The smallest absolute Gasteiger partial charge is 0.133 e. The van der Waals surface area contributed by atoms with E-state index in [9.17, 15) is 8.78 Å². The second-order valence-corrected chi connectivity index (χ2v) is 4.25. The van der Waals surface area contributed by atoms with E-state index in [2.05, 4.69) is 5.32 Å². The summed E-state index contributed by atoms with van der Waals surface area (Å²) in [4.78, 5) is 1.91. The molecule has 0 saturated heterocycles. The number of benzene rings is 1. The van der Waals surface area contributed by atoms with Gasteiger partial charge in [-0.1, -0.05) is 13.0 Å². The van der Waals surface area contributed by atoms with Crippen molar-refractivity contribution in [1.29, 1.82) is 0 Å². The number of rotatable bonds is 6. The number of nitrogens with one attached hydrogen (secondary N) is 1. The fraction of sp³-hybridized carbons (Fsp3) is 0.538. The Morgan fingerprint density at radius 3 is 2.65 bits per heavy atom. The first-order valence-electron chi connectivity index (χ1n) is 5.89. The fourth-order valence-corrected chi connectivity index (χ4v) is 1.66. The SMILES string of the molecule is CCNCCN(C)Cc1c(F)ccc(C)c1F. The van der Waals surface area contributed by atoms with Crippen LogP contribution in [0.1, 0.15) is 18.1 Å². The lowest BCUT2D eigenvalue weighted by Gasteiger charge is -2.18.